The lowest BCUT2D eigenvalue weighted by molar-refractivity contribution is 1.15. The van der Waals surface area contributed by atoms with Gasteiger partial charge in [-0.25, -0.2) is 0 Å². The summed E-state index contributed by atoms with van der Waals surface area (Å²) >= 11 is 1.85. The van der Waals surface area contributed by atoms with Crippen LogP contribution in [-0.2, 0) is 0 Å². The third-order valence-corrected chi connectivity index (χ3v) is 9.50. The predicted octanol–water partition coefficient (Wildman–Crippen LogP) is 10.4. The molecule has 0 aliphatic rings. The number of pyridine rings is 2. The van der Waals surface area contributed by atoms with E-state index in [-0.39, 0.29) is 0 Å². The summed E-state index contributed by atoms with van der Waals surface area (Å²) in [5.74, 6) is 0. The van der Waals surface area contributed by atoms with Crippen LogP contribution in [0.3, 0.4) is 0 Å². The maximum Gasteiger partial charge on any atom is 0.0907 e. The highest BCUT2D eigenvalue weighted by Crippen LogP contribution is 2.40. The quantitative estimate of drug-likeness (QED) is 0.218. The second-order valence-corrected chi connectivity index (χ2v) is 11.7. The summed E-state index contributed by atoms with van der Waals surface area (Å²) in [6.45, 7) is 0. The van der Waals surface area contributed by atoms with Crippen LogP contribution in [0.25, 0.3) is 81.0 Å². The highest BCUT2D eigenvalue weighted by atomic mass is 32.1. The first kappa shape index (κ1) is 23.4. The van der Waals surface area contributed by atoms with Crippen LogP contribution in [0.5, 0.6) is 0 Å². The molecule has 42 heavy (non-hydrogen) atoms. The molecule has 0 unspecified atom stereocenters. The standard InChI is InChI=1S/C38H23N3S/c1-2-9-25-22-36-32(20-24(25)8-1)29-10-3-5-14-35(29)41(36)27-17-19-40-34(23-27)33-21-26(16-18-39-33)28-12-7-13-31-30-11-4-6-15-37(30)42-38(28)31/h1-23H. The van der Waals surface area contributed by atoms with Gasteiger partial charge in [-0.2, -0.15) is 0 Å². The number of benzene rings is 5. The van der Waals surface area contributed by atoms with Crippen molar-refractivity contribution in [3.8, 4) is 28.2 Å². The van der Waals surface area contributed by atoms with Gasteiger partial charge in [0.15, 0.2) is 0 Å². The zero-order valence-electron chi connectivity index (χ0n) is 22.5. The molecule has 3 nitrogen and oxygen atoms in total. The summed E-state index contributed by atoms with van der Waals surface area (Å²) in [6.07, 6.45) is 3.80. The van der Waals surface area contributed by atoms with E-state index < -0.39 is 0 Å². The van der Waals surface area contributed by atoms with Gasteiger partial charge in [0.2, 0.25) is 0 Å². The van der Waals surface area contributed by atoms with Crippen molar-refractivity contribution in [2.45, 2.75) is 0 Å². The Morgan fingerprint density at radius 1 is 0.500 bits per heavy atom. The van der Waals surface area contributed by atoms with Crippen molar-refractivity contribution in [2.75, 3.05) is 0 Å². The summed E-state index contributed by atoms with van der Waals surface area (Å²) in [5, 5.41) is 7.57. The summed E-state index contributed by atoms with van der Waals surface area (Å²) in [5.41, 5.74) is 7.52. The Labute approximate surface area is 246 Å². The largest absolute Gasteiger partial charge is 0.309 e. The van der Waals surface area contributed by atoms with Gasteiger partial charge in [0.1, 0.15) is 0 Å². The number of rotatable bonds is 3. The van der Waals surface area contributed by atoms with E-state index in [0.717, 1.165) is 22.6 Å². The number of nitrogens with zero attached hydrogens (tertiary/aromatic N) is 3. The molecule has 0 radical (unpaired) electrons. The molecule has 196 valence electrons. The Balaban J connectivity index is 1.21. The van der Waals surface area contributed by atoms with Crippen molar-refractivity contribution < 1.29 is 0 Å². The van der Waals surface area contributed by atoms with E-state index in [1.165, 1.54) is 58.3 Å². The van der Waals surface area contributed by atoms with E-state index in [4.69, 9.17) is 9.97 Å². The van der Waals surface area contributed by atoms with Gasteiger partial charge in [0, 0.05) is 49.0 Å². The van der Waals surface area contributed by atoms with E-state index in [1.54, 1.807) is 0 Å². The minimum absolute atomic E-state index is 0.851. The maximum atomic E-state index is 4.79. The highest BCUT2D eigenvalue weighted by Gasteiger charge is 2.15. The predicted molar refractivity (Wildman–Crippen MR) is 178 cm³/mol. The lowest BCUT2D eigenvalue weighted by Gasteiger charge is -2.11. The fraction of sp³-hybridized carbons (Fsp3) is 0. The van der Waals surface area contributed by atoms with Gasteiger partial charge in [-0.05, 0) is 70.4 Å². The van der Waals surface area contributed by atoms with Gasteiger partial charge in [-0.1, -0.05) is 78.9 Å². The van der Waals surface area contributed by atoms with Crippen molar-refractivity contribution in [3.63, 3.8) is 0 Å². The van der Waals surface area contributed by atoms with Crippen LogP contribution in [-0.4, -0.2) is 14.5 Å². The van der Waals surface area contributed by atoms with Crippen LogP contribution in [0, 0.1) is 0 Å². The zero-order valence-corrected chi connectivity index (χ0v) is 23.3. The molecule has 0 spiro atoms. The molecule has 0 aliphatic carbocycles. The smallest absolute Gasteiger partial charge is 0.0907 e. The summed E-state index contributed by atoms with van der Waals surface area (Å²) in [7, 11) is 0. The van der Waals surface area contributed by atoms with Gasteiger partial charge in [-0.15, -0.1) is 11.3 Å². The maximum absolute atomic E-state index is 4.79. The molecule has 9 rings (SSSR count). The van der Waals surface area contributed by atoms with Crippen LogP contribution >= 0.6 is 11.3 Å². The minimum Gasteiger partial charge on any atom is -0.309 e. The molecule has 0 amide bonds. The number of para-hydroxylation sites is 1. The van der Waals surface area contributed by atoms with Crippen molar-refractivity contribution in [1.82, 2.24) is 14.5 Å². The molecule has 5 aromatic carbocycles. The third-order valence-electron chi connectivity index (χ3n) is 8.28. The normalized spacial score (nSPS) is 11.8. The number of thiophene rings is 1. The third kappa shape index (κ3) is 3.52. The zero-order chi connectivity index (χ0) is 27.6. The monoisotopic (exact) mass is 553 g/mol. The fourth-order valence-corrected chi connectivity index (χ4v) is 7.58. The SMILES string of the molecule is c1ccc2cc3c(cc2c1)c1ccccc1n3-c1ccnc(-c2cc(-c3cccc4c3sc3ccccc34)ccn2)c1. The van der Waals surface area contributed by atoms with Crippen LogP contribution in [0.2, 0.25) is 0 Å². The number of fused-ring (bicyclic) bond motifs is 7. The molecule has 4 heteroatoms. The molecule has 0 aliphatic heterocycles. The molecule has 0 saturated carbocycles. The Hall–Kier alpha value is -5.32. The van der Waals surface area contributed by atoms with E-state index in [1.807, 2.05) is 23.7 Å². The Kier molecular flexibility index (Phi) is 5.07. The van der Waals surface area contributed by atoms with Gasteiger partial charge in [-0.3, -0.25) is 9.97 Å². The molecule has 4 aromatic heterocycles. The first-order valence-corrected chi connectivity index (χ1v) is 14.9. The summed E-state index contributed by atoms with van der Waals surface area (Å²) in [6, 6.07) is 45.6. The Morgan fingerprint density at radius 2 is 1.21 bits per heavy atom. The molecule has 4 heterocycles. The van der Waals surface area contributed by atoms with Gasteiger partial charge in [0.25, 0.3) is 0 Å². The average molecular weight is 554 g/mol. The van der Waals surface area contributed by atoms with Crippen LogP contribution < -0.4 is 0 Å². The van der Waals surface area contributed by atoms with E-state index in [9.17, 15) is 0 Å². The topological polar surface area (TPSA) is 30.7 Å². The fourth-order valence-electron chi connectivity index (χ4n) is 6.34. The molecule has 0 bridgehead atoms. The molecule has 0 N–H and O–H groups in total. The average Bonchev–Trinajstić information content (AvgIpc) is 3.59. The van der Waals surface area contributed by atoms with E-state index in [2.05, 4.69) is 132 Å². The minimum atomic E-state index is 0.851. The molecule has 0 atom stereocenters. The molecular weight excluding hydrogens is 531 g/mol. The molecule has 0 saturated heterocycles. The van der Waals surface area contributed by atoms with Crippen LogP contribution in [0.1, 0.15) is 0 Å². The molecule has 0 fully saturated rings. The number of hydrogen-bond acceptors (Lipinski definition) is 3. The van der Waals surface area contributed by atoms with Crippen molar-refractivity contribution >= 4 is 64.1 Å². The van der Waals surface area contributed by atoms with Crippen molar-refractivity contribution in [3.05, 3.63) is 140 Å². The second kappa shape index (κ2) is 9.10. The number of aromatic nitrogens is 3. The lowest BCUT2D eigenvalue weighted by atomic mass is 10.0. The van der Waals surface area contributed by atoms with E-state index in [0.29, 0.717) is 0 Å². The second-order valence-electron chi connectivity index (χ2n) is 10.7. The van der Waals surface area contributed by atoms with Crippen molar-refractivity contribution in [2.24, 2.45) is 0 Å². The van der Waals surface area contributed by atoms with Gasteiger partial charge in [0.05, 0.1) is 22.4 Å². The van der Waals surface area contributed by atoms with Crippen LogP contribution in [0.15, 0.2) is 140 Å². The van der Waals surface area contributed by atoms with Gasteiger partial charge < -0.3 is 4.57 Å². The Morgan fingerprint density at radius 3 is 2.12 bits per heavy atom. The van der Waals surface area contributed by atoms with Gasteiger partial charge >= 0.3 is 0 Å². The van der Waals surface area contributed by atoms with Crippen molar-refractivity contribution in [1.29, 1.82) is 0 Å². The van der Waals surface area contributed by atoms with Crippen LogP contribution in [0.4, 0.5) is 0 Å². The summed E-state index contributed by atoms with van der Waals surface area (Å²) < 4.78 is 4.96. The molecular formula is C38H23N3S. The first-order valence-electron chi connectivity index (χ1n) is 14.1. The number of hydrogen-bond donors (Lipinski definition) is 0. The first-order chi connectivity index (χ1) is 20.8. The molecule has 9 aromatic rings. The van der Waals surface area contributed by atoms with E-state index >= 15 is 0 Å². The Bertz CT molecular complexity index is 2480. The summed E-state index contributed by atoms with van der Waals surface area (Å²) in [4.78, 5) is 9.57. The highest BCUT2D eigenvalue weighted by molar-refractivity contribution is 7.26. The lowest BCUT2D eigenvalue weighted by Crippen LogP contribution is -1.96.